The SMILES string of the molecule is CCCCCCCCCCCCCCCCCCCCCC/C=C/C(O)C(CO)NC(=O)CCCCCCCCCCCCCCCCCCCCCCCCCCCCCCCCCCCCCCCC. The molecule has 0 saturated carbocycles. The smallest absolute Gasteiger partial charge is 0.220 e. The Morgan fingerprint density at radius 2 is 0.514 bits per heavy atom. The van der Waals surface area contributed by atoms with E-state index in [9.17, 15) is 15.0 Å². The van der Waals surface area contributed by atoms with E-state index < -0.39 is 12.1 Å². The molecule has 1 amide bonds. The number of rotatable bonds is 64. The molecule has 0 aromatic rings. The highest BCUT2D eigenvalue weighted by Gasteiger charge is 2.18. The summed E-state index contributed by atoms with van der Waals surface area (Å²) in [7, 11) is 0. The van der Waals surface area contributed by atoms with Gasteiger partial charge in [-0.25, -0.2) is 0 Å². The Labute approximate surface area is 454 Å². The molecule has 0 fully saturated rings. The molecule has 430 valence electrons. The van der Waals surface area contributed by atoms with Gasteiger partial charge in [-0.3, -0.25) is 4.79 Å². The topological polar surface area (TPSA) is 69.6 Å². The average Bonchev–Trinajstić information content (AvgIpc) is 3.39. The number of hydrogen-bond acceptors (Lipinski definition) is 3. The summed E-state index contributed by atoms with van der Waals surface area (Å²) in [6.45, 7) is 4.36. The second-order valence-electron chi connectivity index (χ2n) is 23.6. The summed E-state index contributed by atoms with van der Waals surface area (Å²) in [6.07, 6.45) is 85.9. The molecule has 4 nitrogen and oxygen atoms in total. The fourth-order valence-corrected chi connectivity index (χ4v) is 11.1. The Morgan fingerprint density at radius 3 is 0.722 bits per heavy atom. The van der Waals surface area contributed by atoms with Crippen LogP contribution in [0.4, 0.5) is 0 Å². The largest absolute Gasteiger partial charge is 0.394 e. The highest BCUT2D eigenvalue weighted by Crippen LogP contribution is 2.19. The van der Waals surface area contributed by atoms with Crippen LogP contribution in [0.3, 0.4) is 0 Å². The zero-order valence-electron chi connectivity index (χ0n) is 49.7. The normalized spacial score (nSPS) is 12.7. The van der Waals surface area contributed by atoms with Gasteiger partial charge < -0.3 is 15.5 Å². The van der Waals surface area contributed by atoms with E-state index >= 15 is 0 Å². The van der Waals surface area contributed by atoms with E-state index in [1.54, 1.807) is 6.08 Å². The van der Waals surface area contributed by atoms with Crippen LogP contribution < -0.4 is 5.32 Å². The second-order valence-corrected chi connectivity index (χ2v) is 23.6. The third kappa shape index (κ3) is 60.0. The molecule has 0 heterocycles. The van der Waals surface area contributed by atoms with Gasteiger partial charge in [0.1, 0.15) is 0 Å². The van der Waals surface area contributed by atoms with Crippen molar-refractivity contribution in [3.05, 3.63) is 12.2 Å². The quantitative estimate of drug-likeness (QED) is 0.0420. The summed E-state index contributed by atoms with van der Waals surface area (Å²) in [5, 5.41) is 23.3. The lowest BCUT2D eigenvalue weighted by Crippen LogP contribution is -2.45. The van der Waals surface area contributed by atoms with Crippen LogP contribution >= 0.6 is 0 Å². The van der Waals surface area contributed by atoms with Crippen LogP contribution in [0.1, 0.15) is 399 Å². The van der Waals surface area contributed by atoms with Gasteiger partial charge in [-0.15, -0.1) is 0 Å². The van der Waals surface area contributed by atoms with Crippen molar-refractivity contribution in [3.8, 4) is 0 Å². The Morgan fingerprint density at radius 1 is 0.319 bits per heavy atom. The van der Waals surface area contributed by atoms with E-state index in [2.05, 4.69) is 19.2 Å². The summed E-state index contributed by atoms with van der Waals surface area (Å²) in [6, 6.07) is -0.619. The van der Waals surface area contributed by atoms with Gasteiger partial charge in [0.25, 0.3) is 0 Å². The lowest BCUT2D eigenvalue weighted by atomic mass is 10.0. The third-order valence-corrected chi connectivity index (χ3v) is 16.3. The highest BCUT2D eigenvalue weighted by molar-refractivity contribution is 5.76. The van der Waals surface area contributed by atoms with Crippen LogP contribution in [0.5, 0.6) is 0 Å². The summed E-state index contributed by atoms with van der Waals surface area (Å²) >= 11 is 0. The van der Waals surface area contributed by atoms with E-state index in [0.717, 1.165) is 25.7 Å². The Hall–Kier alpha value is -0.870. The number of carbonyl (C=O) groups is 1. The molecule has 0 spiro atoms. The molecule has 3 N–H and O–H groups in total. The number of nitrogens with one attached hydrogen (secondary N) is 1. The third-order valence-electron chi connectivity index (χ3n) is 16.3. The molecule has 0 aliphatic rings. The summed E-state index contributed by atoms with van der Waals surface area (Å²) in [5.41, 5.74) is 0. The van der Waals surface area contributed by atoms with Gasteiger partial charge in [-0.05, 0) is 19.3 Å². The first-order valence-corrected chi connectivity index (χ1v) is 33.9. The number of aliphatic hydroxyl groups excluding tert-OH is 2. The number of amides is 1. The fourth-order valence-electron chi connectivity index (χ4n) is 11.1. The standard InChI is InChI=1S/C68H135NO3/c1-3-5-7-9-11-13-15-17-19-21-23-25-27-28-29-30-31-32-33-34-35-36-37-38-39-40-41-42-44-46-48-50-52-54-56-58-60-62-64-68(72)69-66(65-70)67(71)63-61-59-57-55-53-51-49-47-45-43-26-24-22-20-18-16-14-12-10-8-6-4-2/h61,63,66-67,70-71H,3-60,62,64-65H2,1-2H3,(H,69,72)/b63-61+. The lowest BCUT2D eigenvalue weighted by Gasteiger charge is -2.20. The maximum atomic E-state index is 12.5. The number of aliphatic hydroxyl groups is 2. The molecule has 0 aliphatic heterocycles. The zero-order valence-corrected chi connectivity index (χ0v) is 49.7. The van der Waals surface area contributed by atoms with Crippen molar-refractivity contribution in [2.45, 2.75) is 411 Å². The highest BCUT2D eigenvalue weighted by atomic mass is 16.3. The Balaban J connectivity index is 3.37. The minimum absolute atomic E-state index is 0.0537. The monoisotopic (exact) mass is 1010 g/mol. The van der Waals surface area contributed by atoms with Crippen LogP contribution in [-0.2, 0) is 4.79 Å². The fraction of sp³-hybridized carbons (Fsp3) is 0.956. The predicted molar refractivity (Wildman–Crippen MR) is 323 cm³/mol. The van der Waals surface area contributed by atoms with E-state index in [-0.39, 0.29) is 12.5 Å². The van der Waals surface area contributed by atoms with Crippen LogP contribution in [0.2, 0.25) is 0 Å². The second kappa shape index (κ2) is 64.4. The first kappa shape index (κ1) is 71.1. The first-order valence-electron chi connectivity index (χ1n) is 33.9. The number of unbranched alkanes of at least 4 members (excludes halogenated alkanes) is 57. The van der Waals surface area contributed by atoms with Gasteiger partial charge in [0.2, 0.25) is 5.91 Å². The van der Waals surface area contributed by atoms with Gasteiger partial charge in [0.15, 0.2) is 0 Å². The molecule has 4 heteroatoms. The summed E-state index contributed by atoms with van der Waals surface area (Å²) in [4.78, 5) is 12.5. The van der Waals surface area contributed by atoms with Crippen molar-refractivity contribution in [3.63, 3.8) is 0 Å². The first-order chi connectivity index (χ1) is 35.7. The molecule has 2 atom stereocenters. The van der Waals surface area contributed by atoms with Crippen LogP contribution in [0, 0.1) is 0 Å². The lowest BCUT2D eigenvalue weighted by molar-refractivity contribution is -0.123. The molecule has 0 aliphatic carbocycles. The Kier molecular flexibility index (Phi) is 63.6. The molecule has 0 saturated heterocycles. The predicted octanol–water partition coefficient (Wildman–Crippen LogP) is 22.8. The summed E-state index contributed by atoms with van der Waals surface area (Å²) in [5.74, 6) is -0.0537. The maximum Gasteiger partial charge on any atom is 0.220 e. The average molecular weight is 1010 g/mol. The van der Waals surface area contributed by atoms with Crippen molar-refractivity contribution >= 4 is 5.91 Å². The van der Waals surface area contributed by atoms with Crippen LogP contribution in [0.25, 0.3) is 0 Å². The maximum absolute atomic E-state index is 12.5. The van der Waals surface area contributed by atoms with Gasteiger partial charge in [-0.1, -0.05) is 386 Å². The minimum atomic E-state index is -0.836. The molecule has 2 unspecified atom stereocenters. The molecule has 0 aromatic carbocycles. The molecule has 0 aromatic heterocycles. The van der Waals surface area contributed by atoms with E-state index in [0.29, 0.717) is 6.42 Å². The number of allylic oxidation sites excluding steroid dienone is 1. The molecule has 0 rings (SSSR count). The van der Waals surface area contributed by atoms with Gasteiger partial charge in [-0.2, -0.15) is 0 Å². The Bertz CT molecular complexity index is 1010. The van der Waals surface area contributed by atoms with Gasteiger partial charge in [0, 0.05) is 6.42 Å². The van der Waals surface area contributed by atoms with Crippen LogP contribution in [0.15, 0.2) is 12.2 Å². The molecule has 0 radical (unpaired) electrons. The molecule has 72 heavy (non-hydrogen) atoms. The van der Waals surface area contributed by atoms with Crippen LogP contribution in [-0.4, -0.2) is 34.9 Å². The van der Waals surface area contributed by atoms with Crippen molar-refractivity contribution in [2.75, 3.05) is 6.61 Å². The van der Waals surface area contributed by atoms with E-state index in [1.165, 1.54) is 353 Å². The zero-order chi connectivity index (χ0) is 52.0. The number of hydrogen-bond donors (Lipinski definition) is 3. The van der Waals surface area contributed by atoms with Gasteiger partial charge in [0.05, 0.1) is 18.8 Å². The molecular weight excluding hydrogens is 879 g/mol. The van der Waals surface area contributed by atoms with Crippen molar-refractivity contribution < 1.29 is 15.0 Å². The minimum Gasteiger partial charge on any atom is -0.394 e. The van der Waals surface area contributed by atoms with E-state index in [4.69, 9.17) is 0 Å². The molecule has 0 bridgehead atoms. The summed E-state index contributed by atoms with van der Waals surface area (Å²) < 4.78 is 0. The molecular formula is C68H135NO3. The van der Waals surface area contributed by atoms with Crippen molar-refractivity contribution in [1.82, 2.24) is 5.32 Å². The van der Waals surface area contributed by atoms with Crippen molar-refractivity contribution in [2.24, 2.45) is 0 Å². The van der Waals surface area contributed by atoms with Crippen molar-refractivity contribution in [1.29, 1.82) is 0 Å². The van der Waals surface area contributed by atoms with Gasteiger partial charge >= 0.3 is 0 Å². The number of carbonyl (C=O) groups excluding carboxylic acids is 1. The van der Waals surface area contributed by atoms with E-state index in [1.807, 2.05) is 6.08 Å².